The summed E-state index contributed by atoms with van der Waals surface area (Å²) in [6.07, 6.45) is -5.68. The van der Waals surface area contributed by atoms with Crippen molar-refractivity contribution in [1.29, 1.82) is 0 Å². The van der Waals surface area contributed by atoms with E-state index >= 15 is 0 Å². The van der Waals surface area contributed by atoms with E-state index < -0.39 is 42.5 Å². The van der Waals surface area contributed by atoms with Crippen molar-refractivity contribution >= 4 is 35.3 Å². The Morgan fingerprint density at radius 2 is 1.84 bits per heavy atom. The first kappa shape index (κ1) is 25.4. The van der Waals surface area contributed by atoms with E-state index in [1.165, 1.54) is 17.8 Å². The van der Waals surface area contributed by atoms with Crippen LogP contribution < -0.4 is 11.1 Å². The van der Waals surface area contributed by atoms with Crippen LogP contribution in [0.2, 0.25) is 0 Å². The number of aliphatic carboxylic acids is 1. The van der Waals surface area contributed by atoms with Crippen molar-refractivity contribution in [2.24, 2.45) is 5.73 Å². The number of anilines is 1. The molecule has 6 nitrogen and oxygen atoms in total. The molecule has 0 amide bonds. The lowest BCUT2D eigenvalue weighted by molar-refractivity contribution is -0.157. The maximum Gasteiger partial charge on any atom is 0.391 e. The molecule has 0 heterocycles. The summed E-state index contributed by atoms with van der Waals surface area (Å²) >= 11 is 1.41. The maximum absolute atomic E-state index is 12.6. The first-order chi connectivity index (χ1) is 14.9. The summed E-state index contributed by atoms with van der Waals surface area (Å²) in [5.41, 5.74) is 4.26. The molecule has 2 rings (SSSR count). The summed E-state index contributed by atoms with van der Waals surface area (Å²) in [6.45, 7) is 1.65. The molecule has 5 N–H and O–H groups in total. The van der Waals surface area contributed by atoms with Gasteiger partial charge in [-0.2, -0.15) is 13.2 Å². The summed E-state index contributed by atoms with van der Waals surface area (Å²) < 4.78 is 37.8. The van der Waals surface area contributed by atoms with Crippen molar-refractivity contribution in [3.05, 3.63) is 65.1 Å². The van der Waals surface area contributed by atoms with Crippen LogP contribution >= 0.6 is 11.8 Å². The highest BCUT2D eigenvalue weighted by molar-refractivity contribution is 8.02. The number of benzene rings is 2. The molecule has 0 fully saturated rings. The van der Waals surface area contributed by atoms with E-state index in [1.807, 2.05) is 41.8 Å². The Morgan fingerprint density at radius 3 is 2.41 bits per heavy atom. The van der Waals surface area contributed by atoms with E-state index in [9.17, 15) is 27.9 Å². The molecule has 32 heavy (non-hydrogen) atoms. The molecule has 2 aromatic carbocycles. The first-order valence-electron chi connectivity index (χ1n) is 9.47. The quantitative estimate of drug-likeness (QED) is 0.306. The van der Waals surface area contributed by atoms with Crippen LogP contribution in [0.5, 0.6) is 0 Å². The Hall–Kier alpha value is -2.82. The van der Waals surface area contributed by atoms with Gasteiger partial charge >= 0.3 is 12.1 Å². The van der Waals surface area contributed by atoms with Gasteiger partial charge in [-0.1, -0.05) is 42.1 Å². The highest BCUT2D eigenvalue weighted by Crippen LogP contribution is 2.29. The van der Waals surface area contributed by atoms with E-state index in [2.05, 4.69) is 5.32 Å². The van der Waals surface area contributed by atoms with Crippen LogP contribution in [0, 0.1) is 6.92 Å². The molecule has 0 spiro atoms. The third-order valence-corrected chi connectivity index (χ3v) is 5.20. The second kappa shape index (κ2) is 10.7. The Labute approximate surface area is 187 Å². The molecule has 172 valence electrons. The largest absolute Gasteiger partial charge is 0.481 e. The Balaban J connectivity index is 2.17. The second-order valence-corrected chi connectivity index (χ2v) is 8.13. The number of Topliss-reactive ketones (excluding diaryl/α,β-unsaturated/α-hetero) is 1. The van der Waals surface area contributed by atoms with E-state index in [1.54, 1.807) is 19.1 Å². The summed E-state index contributed by atoms with van der Waals surface area (Å²) in [6, 6.07) is 12.4. The number of aliphatic hydroxyl groups is 1. The fraction of sp³-hybridized carbons (Fsp3) is 0.273. The average molecular weight is 468 g/mol. The van der Waals surface area contributed by atoms with Gasteiger partial charge in [-0.15, -0.1) is 0 Å². The SMILES string of the molecule is Cc1cc(S/C=C/c2ccccc2)ccc1N[C@@](O)(CC(=O)O)C(=O)C(N)CC(F)(F)F. The minimum Gasteiger partial charge on any atom is -0.481 e. The fourth-order valence-electron chi connectivity index (χ4n) is 2.89. The van der Waals surface area contributed by atoms with E-state index in [0.29, 0.717) is 5.56 Å². The van der Waals surface area contributed by atoms with E-state index in [4.69, 9.17) is 10.8 Å². The lowest BCUT2D eigenvalue weighted by Crippen LogP contribution is -2.55. The van der Waals surface area contributed by atoms with Gasteiger partial charge in [0.1, 0.15) is 6.42 Å². The standard InChI is InChI=1S/C22H23F3N2O4S/c1-14-11-16(32-10-9-15-5-3-2-4-6-15)7-8-18(14)27-21(31,13-19(28)29)20(30)17(26)12-22(23,24)25/h2-11,17,27,31H,12-13,26H2,1H3,(H,28,29)/b10-9+/t17?,21-/m1/s1. The molecule has 2 aromatic rings. The highest BCUT2D eigenvalue weighted by Gasteiger charge is 2.45. The van der Waals surface area contributed by atoms with Gasteiger partial charge in [0.2, 0.25) is 11.5 Å². The number of aryl methyl sites for hydroxylation is 1. The number of rotatable bonds is 10. The molecule has 0 aliphatic carbocycles. The molecule has 2 atom stereocenters. The molecule has 0 saturated heterocycles. The first-order valence-corrected chi connectivity index (χ1v) is 10.4. The van der Waals surface area contributed by atoms with Crippen LogP contribution in [0.15, 0.2) is 58.8 Å². The van der Waals surface area contributed by atoms with Crippen LogP contribution in [0.4, 0.5) is 18.9 Å². The summed E-state index contributed by atoms with van der Waals surface area (Å²) in [7, 11) is 0. The van der Waals surface area contributed by atoms with Gasteiger partial charge in [0, 0.05) is 10.6 Å². The number of ketones is 1. The van der Waals surface area contributed by atoms with Crippen molar-refractivity contribution < 1.29 is 33.0 Å². The molecular weight excluding hydrogens is 445 g/mol. The summed E-state index contributed by atoms with van der Waals surface area (Å²) in [5, 5.41) is 23.9. The highest BCUT2D eigenvalue weighted by atomic mass is 32.2. The number of carboxylic acid groups (broad SMARTS) is 1. The normalized spacial score (nSPS) is 14.7. The van der Waals surface area contributed by atoms with Gasteiger partial charge in [-0.3, -0.25) is 9.59 Å². The predicted molar refractivity (Wildman–Crippen MR) is 117 cm³/mol. The Kier molecular flexibility index (Phi) is 8.48. The molecule has 0 bridgehead atoms. The summed E-state index contributed by atoms with van der Waals surface area (Å²) in [5.74, 6) is -3.04. The van der Waals surface area contributed by atoms with Gasteiger partial charge < -0.3 is 21.3 Å². The van der Waals surface area contributed by atoms with Gasteiger partial charge in [-0.25, -0.2) is 0 Å². The number of nitrogens with two attached hydrogens (primary N) is 1. The van der Waals surface area contributed by atoms with Crippen molar-refractivity contribution in [2.45, 2.75) is 42.6 Å². The molecule has 0 aromatic heterocycles. The van der Waals surface area contributed by atoms with Crippen molar-refractivity contribution in [3.8, 4) is 0 Å². The number of nitrogens with one attached hydrogen (secondary N) is 1. The molecule has 0 saturated carbocycles. The van der Waals surface area contributed by atoms with Crippen LogP contribution in [-0.2, 0) is 9.59 Å². The molecule has 0 aliphatic heterocycles. The average Bonchev–Trinajstić information content (AvgIpc) is 2.68. The van der Waals surface area contributed by atoms with Gasteiger partial charge in [0.15, 0.2) is 0 Å². The predicted octanol–water partition coefficient (Wildman–Crippen LogP) is 4.18. The molecule has 10 heteroatoms. The number of hydrogen-bond donors (Lipinski definition) is 4. The second-order valence-electron chi connectivity index (χ2n) is 7.15. The van der Waals surface area contributed by atoms with Gasteiger partial charge in [0.25, 0.3) is 0 Å². The molecule has 1 unspecified atom stereocenters. The van der Waals surface area contributed by atoms with E-state index in [-0.39, 0.29) is 5.69 Å². The number of alkyl halides is 3. The third kappa shape index (κ3) is 7.70. The number of carbonyl (C=O) groups excluding carboxylic acids is 1. The minimum absolute atomic E-state index is 0.192. The zero-order valence-electron chi connectivity index (χ0n) is 17.1. The lowest BCUT2D eigenvalue weighted by Gasteiger charge is -2.30. The van der Waals surface area contributed by atoms with Crippen LogP contribution in [0.3, 0.4) is 0 Å². The number of thioether (sulfide) groups is 1. The lowest BCUT2D eigenvalue weighted by atomic mass is 9.95. The molecule has 0 aliphatic rings. The monoisotopic (exact) mass is 468 g/mol. The number of carbonyl (C=O) groups is 2. The fourth-order valence-corrected chi connectivity index (χ4v) is 3.66. The number of halogens is 3. The third-order valence-electron chi connectivity index (χ3n) is 4.41. The van der Waals surface area contributed by atoms with Gasteiger partial charge in [-0.05, 0) is 47.7 Å². The smallest absolute Gasteiger partial charge is 0.391 e. The van der Waals surface area contributed by atoms with Crippen LogP contribution in [0.25, 0.3) is 6.08 Å². The number of carboxylic acids is 1. The molecular formula is C22H23F3N2O4S. The zero-order valence-corrected chi connectivity index (χ0v) is 17.9. The minimum atomic E-state index is -4.75. The number of hydrogen-bond acceptors (Lipinski definition) is 6. The van der Waals surface area contributed by atoms with Crippen molar-refractivity contribution in [3.63, 3.8) is 0 Å². The maximum atomic E-state index is 12.6. The van der Waals surface area contributed by atoms with Crippen LogP contribution in [0.1, 0.15) is 24.0 Å². The summed E-state index contributed by atoms with van der Waals surface area (Å²) in [4.78, 5) is 24.4. The Morgan fingerprint density at radius 1 is 1.19 bits per heavy atom. The molecule has 0 radical (unpaired) electrons. The van der Waals surface area contributed by atoms with Crippen molar-refractivity contribution in [2.75, 3.05) is 5.32 Å². The Bertz CT molecular complexity index is 983. The van der Waals surface area contributed by atoms with Crippen LogP contribution in [-0.4, -0.2) is 39.9 Å². The zero-order chi connectivity index (χ0) is 23.9. The van der Waals surface area contributed by atoms with Gasteiger partial charge in [0.05, 0.1) is 12.5 Å². The van der Waals surface area contributed by atoms with E-state index in [0.717, 1.165) is 10.5 Å². The van der Waals surface area contributed by atoms with Crippen molar-refractivity contribution in [1.82, 2.24) is 0 Å². The topological polar surface area (TPSA) is 113 Å².